The fourth-order valence-corrected chi connectivity index (χ4v) is 3.73. The maximum Gasteiger partial charge on any atom is 0.197 e. The molecule has 0 fully saturated rings. The van der Waals surface area contributed by atoms with E-state index in [4.69, 9.17) is 4.21 Å². The van der Waals surface area contributed by atoms with E-state index in [-0.39, 0.29) is 5.78 Å². The third kappa shape index (κ3) is 5.55. The number of hydrogen-bond acceptors (Lipinski definition) is 7. The number of carbonyl (C=O) groups excluding carboxylic acids is 1. The number of aromatic nitrogens is 3. The minimum atomic E-state index is 0.117. The monoisotopic (exact) mass is 434 g/mol. The van der Waals surface area contributed by atoms with E-state index in [9.17, 15) is 4.79 Å². The Morgan fingerprint density at radius 1 is 1.16 bits per heavy atom. The number of anilines is 1. The highest BCUT2D eigenvalue weighted by Crippen LogP contribution is 2.23. The lowest BCUT2D eigenvalue weighted by atomic mass is 9.97. The van der Waals surface area contributed by atoms with Crippen LogP contribution in [0.4, 0.5) is 5.82 Å². The number of Topliss-reactive ketones (excluding diaryl/α,β-unsaturated/α-hetero) is 1. The van der Waals surface area contributed by atoms with Gasteiger partial charge in [-0.3, -0.25) is 4.79 Å². The molecule has 0 atom stereocenters. The number of fused-ring (bicyclic) bond motifs is 1. The number of hydrogen-bond donors (Lipinski definition) is 0. The highest BCUT2D eigenvalue weighted by Gasteiger charge is 2.20. The van der Waals surface area contributed by atoms with Gasteiger partial charge in [0.05, 0.1) is 5.69 Å². The molecule has 160 valence electrons. The number of nitrogens with zero attached hydrogens (tertiary/aromatic N) is 4. The first-order valence-electron chi connectivity index (χ1n) is 10.3. The van der Waals surface area contributed by atoms with Crippen LogP contribution in [0.5, 0.6) is 0 Å². The van der Waals surface area contributed by atoms with Crippen molar-refractivity contribution in [3.8, 4) is 0 Å². The highest BCUT2D eigenvalue weighted by molar-refractivity contribution is 7.44. The van der Waals surface area contributed by atoms with Crippen molar-refractivity contribution in [1.82, 2.24) is 15.0 Å². The maximum atomic E-state index is 12.9. The summed E-state index contributed by atoms with van der Waals surface area (Å²) in [6.45, 7) is 7.81. The molecule has 1 aliphatic heterocycles. The largest absolute Gasteiger partial charge is 0.352 e. The van der Waals surface area contributed by atoms with Crippen LogP contribution in [0.15, 0.2) is 48.8 Å². The van der Waals surface area contributed by atoms with Gasteiger partial charge in [0.15, 0.2) is 18.3 Å². The smallest absolute Gasteiger partial charge is 0.197 e. The third-order valence-corrected chi connectivity index (χ3v) is 5.43. The van der Waals surface area contributed by atoms with Crippen molar-refractivity contribution in [2.45, 2.75) is 46.1 Å². The molecule has 0 N–H and O–H groups in total. The summed E-state index contributed by atoms with van der Waals surface area (Å²) in [6, 6.07) is 12.0. The lowest BCUT2D eigenvalue weighted by molar-refractivity contribution is 0.0993. The molecule has 4 rings (SSSR count). The van der Waals surface area contributed by atoms with Gasteiger partial charge in [-0.25, -0.2) is 15.0 Å². The van der Waals surface area contributed by atoms with Gasteiger partial charge in [0.25, 0.3) is 0 Å². The molecule has 3 aromatic rings. The molecule has 6 nitrogen and oxygen atoms in total. The van der Waals surface area contributed by atoms with E-state index in [0.717, 1.165) is 48.0 Å². The van der Waals surface area contributed by atoms with Crippen LogP contribution in [0.3, 0.4) is 0 Å². The van der Waals surface area contributed by atoms with Gasteiger partial charge in [-0.05, 0) is 36.1 Å². The van der Waals surface area contributed by atoms with Crippen LogP contribution in [0.2, 0.25) is 0 Å². The second-order valence-corrected chi connectivity index (χ2v) is 7.96. The van der Waals surface area contributed by atoms with E-state index in [1.165, 1.54) is 5.56 Å². The Kier molecular flexibility index (Phi) is 7.52. The topological polar surface area (TPSA) is 76.1 Å². The summed E-state index contributed by atoms with van der Waals surface area (Å²) >= 11 is 2.83. The number of carbonyl (C=O) groups is 1. The number of benzene rings is 1. The van der Waals surface area contributed by atoms with Crippen molar-refractivity contribution in [2.24, 2.45) is 0 Å². The first-order chi connectivity index (χ1) is 15.0. The highest BCUT2D eigenvalue weighted by atomic mass is 32.1. The van der Waals surface area contributed by atoms with E-state index in [1.807, 2.05) is 37.4 Å². The van der Waals surface area contributed by atoms with E-state index in [0.29, 0.717) is 17.9 Å². The molecular formula is C24H26N4O2S. The van der Waals surface area contributed by atoms with Gasteiger partial charge in [-0.15, -0.1) is 0 Å². The number of ketones is 1. The molecule has 0 unspecified atom stereocenters. The van der Waals surface area contributed by atoms with Crippen LogP contribution >= 0.6 is 0 Å². The lowest BCUT2D eigenvalue weighted by Crippen LogP contribution is -2.32. The van der Waals surface area contributed by atoms with Crippen molar-refractivity contribution < 1.29 is 9.00 Å². The van der Waals surface area contributed by atoms with Crippen LogP contribution in [0, 0.1) is 6.92 Å². The fourth-order valence-electron chi connectivity index (χ4n) is 3.73. The molecule has 0 radical (unpaired) electrons. The summed E-state index contributed by atoms with van der Waals surface area (Å²) in [6.07, 6.45) is 4.90. The molecule has 0 aliphatic carbocycles. The summed E-state index contributed by atoms with van der Waals surface area (Å²) in [4.78, 5) is 28.5. The van der Waals surface area contributed by atoms with Gasteiger partial charge < -0.3 is 4.90 Å². The van der Waals surface area contributed by atoms with Crippen LogP contribution < -0.4 is 4.90 Å². The van der Waals surface area contributed by atoms with Gasteiger partial charge in [0.1, 0.15) is 11.6 Å². The first-order valence-corrected chi connectivity index (χ1v) is 10.6. The van der Waals surface area contributed by atoms with Crippen LogP contribution in [0.1, 0.15) is 58.3 Å². The lowest BCUT2D eigenvalue weighted by Gasteiger charge is -2.29. The van der Waals surface area contributed by atoms with E-state index < -0.39 is 0 Å². The molecule has 0 saturated heterocycles. The van der Waals surface area contributed by atoms with Crippen molar-refractivity contribution in [3.63, 3.8) is 0 Å². The molecular weight excluding hydrogens is 408 g/mol. The summed E-state index contributed by atoms with van der Waals surface area (Å²) in [5.41, 5.74) is 5.27. The Morgan fingerprint density at radius 3 is 2.74 bits per heavy atom. The van der Waals surface area contributed by atoms with Gasteiger partial charge in [0, 0.05) is 49.5 Å². The van der Waals surface area contributed by atoms with Gasteiger partial charge in [-0.2, -0.15) is 4.21 Å². The summed E-state index contributed by atoms with van der Waals surface area (Å²) in [5.74, 6) is 2.21. The van der Waals surface area contributed by atoms with E-state index in [2.05, 4.69) is 58.4 Å². The predicted molar refractivity (Wildman–Crippen MR) is 122 cm³/mol. The second-order valence-electron chi connectivity index (χ2n) is 7.96. The average Bonchev–Trinajstić information content (AvgIpc) is 2.80. The fraction of sp³-hybridized carbons (Fsp3) is 0.333. The molecule has 0 spiro atoms. The molecule has 2 aromatic heterocycles. The summed E-state index contributed by atoms with van der Waals surface area (Å²) < 4.78 is 7.83. The summed E-state index contributed by atoms with van der Waals surface area (Å²) in [5, 5.41) is 0. The zero-order chi connectivity index (χ0) is 22.4. The van der Waals surface area contributed by atoms with Gasteiger partial charge in [0.2, 0.25) is 0 Å². The zero-order valence-electron chi connectivity index (χ0n) is 18.0. The molecule has 3 heterocycles. The van der Waals surface area contributed by atoms with Crippen LogP contribution in [0.25, 0.3) is 0 Å². The SMILES string of the molecule is Cc1ncc2c(n1)CCN(c1cc(C(=O)Cc3cccc(C(C)C)c3)ccn1)C2.O=S. The van der Waals surface area contributed by atoms with Crippen LogP contribution in [-0.2, 0) is 31.9 Å². The zero-order valence-corrected chi connectivity index (χ0v) is 18.9. The first kappa shape index (κ1) is 22.6. The average molecular weight is 435 g/mol. The number of rotatable bonds is 5. The Morgan fingerprint density at radius 2 is 1.97 bits per heavy atom. The van der Waals surface area contributed by atoms with Crippen molar-refractivity contribution >= 4 is 24.1 Å². The standard InChI is InChI=1S/C24H26N4O.OS/c1-16(2)19-6-4-5-18(11-19)12-23(29)20-7-9-25-24(13-20)28-10-8-22-21(15-28)14-26-17(3)27-22;1-2/h4-7,9,11,13-14,16H,8,10,12,15H2,1-3H3;. The molecule has 0 bridgehead atoms. The quantitative estimate of drug-likeness (QED) is 0.563. The molecule has 1 aliphatic rings. The van der Waals surface area contributed by atoms with Crippen molar-refractivity contribution in [2.75, 3.05) is 11.4 Å². The minimum absolute atomic E-state index is 0.117. The Hall–Kier alpha value is -3.06. The molecule has 7 heteroatoms. The molecule has 1 aromatic carbocycles. The minimum Gasteiger partial charge on any atom is -0.352 e. The summed E-state index contributed by atoms with van der Waals surface area (Å²) in [7, 11) is 0. The molecule has 31 heavy (non-hydrogen) atoms. The van der Waals surface area contributed by atoms with Crippen molar-refractivity contribution in [1.29, 1.82) is 0 Å². The molecule has 0 saturated carbocycles. The van der Waals surface area contributed by atoms with Crippen molar-refractivity contribution in [3.05, 3.63) is 82.6 Å². The van der Waals surface area contributed by atoms with Crippen LogP contribution in [-0.4, -0.2) is 31.5 Å². The Bertz CT molecular complexity index is 1070. The molecule has 0 amide bonds. The van der Waals surface area contributed by atoms with Gasteiger partial charge in [-0.1, -0.05) is 38.1 Å². The number of pyridine rings is 1. The Labute approximate surface area is 188 Å². The van der Waals surface area contributed by atoms with E-state index in [1.54, 1.807) is 6.20 Å². The Balaban J connectivity index is 0.00000132. The maximum absolute atomic E-state index is 12.9. The predicted octanol–water partition coefficient (Wildman–Crippen LogP) is 3.96. The number of aryl methyl sites for hydroxylation is 1. The van der Waals surface area contributed by atoms with E-state index >= 15 is 0 Å². The third-order valence-electron chi connectivity index (χ3n) is 5.43. The normalized spacial score (nSPS) is 12.7. The second kappa shape index (κ2) is 10.3. The van der Waals surface area contributed by atoms with Gasteiger partial charge >= 0.3 is 0 Å².